The van der Waals surface area contributed by atoms with Gasteiger partial charge in [-0.25, -0.2) is 0 Å². The molecule has 0 heterocycles. The minimum Gasteiger partial charge on any atom is -0.493 e. The Morgan fingerprint density at radius 2 is 1.74 bits per heavy atom. The van der Waals surface area contributed by atoms with E-state index in [9.17, 15) is 13.2 Å². The lowest BCUT2D eigenvalue weighted by Gasteiger charge is -2.14. The van der Waals surface area contributed by atoms with Gasteiger partial charge in [0.25, 0.3) is 0 Å². The Bertz CT molecular complexity index is 725. The average Bonchev–Trinajstić information content (AvgIpc) is 2.61. The number of alkyl halides is 3. The van der Waals surface area contributed by atoms with E-state index in [-0.39, 0.29) is 5.69 Å². The molecule has 0 saturated carbocycles. The molecule has 0 fully saturated rings. The van der Waals surface area contributed by atoms with E-state index in [1.165, 1.54) is 6.07 Å². The molecule has 0 atom stereocenters. The number of nitrogen functional groups attached to an aromatic ring is 1. The van der Waals surface area contributed by atoms with E-state index in [2.05, 4.69) is 5.32 Å². The highest BCUT2D eigenvalue weighted by Gasteiger charge is 2.30. The summed E-state index contributed by atoms with van der Waals surface area (Å²) in [6, 6.07) is 8.67. The highest BCUT2D eigenvalue weighted by Crippen LogP contribution is 2.33. The lowest BCUT2D eigenvalue weighted by molar-refractivity contribution is -0.137. The number of anilines is 2. The van der Waals surface area contributed by atoms with Gasteiger partial charge in [-0.3, -0.25) is 0 Å². The number of nitrogens with one attached hydrogen (secondary N) is 1. The zero-order valence-electron chi connectivity index (χ0n) is 15.8. The van der Waals surface area contributed by atoms with E-state index >= 15 is 0 Å². The number of ether oxygens (including phenoxy) is 2. The van der Waals surface area contributed by atoms with Crippen LogP contribution >= 0.6 is 11.8 Å². The van der Waals surface area contributed by atoms with Crippen molar-refractivity contribution in [2.24, 2.45) is 0 Å². The molecule has 0 saturated heterocycles. The first-order valence-corrected chi connectivity index (χ1v) is 9.80. The molecule has 0 aliphatic carbocycles. The third kappa shape index (κ3) is 7.13. The zero-order chi connectivity index (χ0) is 20.4. The molecule has 0 spiro atoms. The molecule has 0 bridgehead atoms. The van der Waals surface area contributed by atoms with Gasteiger partial charge < -0.3 is 20.5 Å². The average molecular weight is 402 g/mol. The van der Waals surface area contributed by atoms with Crippen LogP contribution in [0.15, 0.2) is 36.4 Å². The number of nitrogens with two attached hydrogens (primary N) is 1. The molecule has 2 aromatic carbocycles. The smallest absolute Gasteiger partial charge is 0.416 e. The Morgan fingerprint density at radius 3 is 2.26 bits per heavy atom. The van der Waals surface area contributed by atoms with Crippen molar-refractivity contribution < 1.29 is 22.6 Å². The molecular weight excluding hydrogens is 377 g/mol. The van der Waals surface area contributed by atoms with Crippen LogP contribution in [0.1, 0.15) is 18.1 Å². The Kier molecular flexibility index (Phi) is 9.14. The molecule has 8 heteroatoms. The van der Waals surface area contributed by atoms with Crippen LogP contribution in [0.4, 0.5) is 24.5 Å². The van der Waals surface area contributed by atoms with Crippen LogP contribution in [-0.4, -0.2) is 26.2 Å². The van der Waals surface area contributed by atoms with E-state index < -0.39 is 11.7 Å². The molecule has 0 amide bonds. The first-order chi connectivity index (χ1) is 12.8. The lowest BCUT2D eigenvalue weighted by atomic mass is 10.1. The van der Waals surface area contributed by atoms with Crippen LogP contribution in [-0.2, 0) is 12.7 Å². The van der Waals surface area contributed by atoms with Gasteiger partial charge in [0, 0.05) is 6.54 Å². The summed E-state index contributed by atoms with van der Waals surface area (Å²) >= 11 is 1.75. The molecule has 0 unspecified atom stereocenters. The lowest BCUT2D eigenvalue weighted by Crippen LogP contribution is -2.08. The highest BCUT2D eigenvalue weighted by atomic mass is 32.2. The number of benzene rings is 2. The Labute approximate surface area is 162 Å². The predicted molar refractivity (Wildman–Crippen MR) is 107 cm³/mol. The first kappa shape index (κ1) is 22.8. The molecule has 2 rings (SSSR count). The minimum atomic E-state index is -4.41. The van der Waals surface area contributed by atoms with Crippen LogP contribution < -0.4 is 20.5 Å². The topological polar surface area (TPSA) is 56.5 Å². The standard InChI is InChI=1S/C17H19F3N2O2.C2H6S/c1-3-24-16-8-11(4-7-15(16)23-2)10-22-14-6-5-12(9-13(14)21)17(18,19)20;1-3-2/h4-9,22H,3,10,21H2,1-2H3;1-2H3. The monoisotopic (exact) mass is 402 g/mol. The maximum absolute atomic E-state index is 12.6. The van der Waals surface area contributed by atoms with Crippen molar-refractivity contribution in [2.45, 2.75) is 19.6 Å². The third-order valence-electron chi connectivity index (χ3n) is 3.39. The van der Waals surface area contributed by atoms with E-state index in [1.807, 2.05) is 31.6 Å². The van der Waals surface area contributed by atoms with Crippen LogP contribution in [0.3, 0.4) is 0 Å². The fourth-order valence-electron chi connectivity index (χ4n) is 2.20. The molecule has 0 aliphatic rings. The summed E-state index contributed by atoms with van der Waals surface area (Å²) in [5.74, 6) is 1.23. The fourth-order valence-corrected chi connectivity index (χ4v) is 2.20. The Hall–Kier alpha value is -2.22. The summed E-state index contributed by atoms with van der Waals surface area (Å²) in [6.45, 7) is 2.76. The highest BCUT2D eigenvalue weighted by molar-refractivity contribution is 7.97. The number of thioether (sulfide) groups is 1. The number of methoxy groups -OCH3 is 1. The predicted octanol–water partition coefficient (Wildman–Crippen LogP) is 5.29. The maximum atomic E-state index is 12.6. The Morgan fingerprint density at radius 1 is 1.07 bits per heavy atom. The van der Waals surface area contributed by atoms with Crippen molar-refractivity contribution in [1.82, 2.24) is 0 Å². The van der Waals surface area contributed by atoms with Crippen molar-refractivity contribution >= 4 is 23.1 Å². The largest absolute Gasteiger partial charge is 0.493 e. The van der Waals surface area contributed by atoms with Crippen molar-refractivity contribution in [3.8, 4) is 11.5 Å². The summed E-state index contributed by atoms with van der Waals surface area (Å²) in [5.41, 5.74) is 6.30. The van der Waals surface area contributed by atoms with Crippen LogP contribution in [0.5, 0.6) is 11.5 Å². The van der Waals surface area contributed by atoms with E-state index in [0.717, 1.165) is 17.7 Å². The van der Waals surface area contributed by atoms with Crippen LogP contribution in [0.2, 0.25) is 0 Å². The summed E-state index contributed by atoms with van der Waals surface area (Å²) in [4.78, 5) is 0. The van der Waals surface area contributed by atoms with Gasteiger partial charge in [0.05, 0.1) is 30.7 Å². The number of hydrogen-bond acceptors (Lipinski definition) is 5. The van der Waals surface area contributed by atoms with E-state index in [1.54, 1.807) is 24.9 Å². The summed E-state index contributed by atoms with van der Waals surface area (Å²) in [5, 5.41) is 3.03. The van der Waals surface area contributed by atoms with Gasteiger partial charge in [0.1, 0.15) is 0 Å². The minimum absolute atomic E-state index is 0.0448. The normalized spacial score (nSPS) is 10.6. The van der Waals surface area contributed by atoms with Crippen molar-refractivity contribution in [3.05, 3.63) is 47.5 Å². The van der Waals surface area contributed by atoms with Gasteiger partial charge >= 0.3 is 6.18 Å². The van der Waals surface area contributed by atoms with Crippen LogP contribution in [0.25, 0.3) is 0 Å². The summed E-state index contributed by atoms with van der Waals surface area (Å²) < 4.78 is 48.6. The van der Waals surface area contributed by atoms with Crippen molar-refractivity contribution in [1.29, 1.82) is 0 Å². The van der Waals surface area contributed by atoms with Gasteiger partial charge in [0.15, 0.2) is 11.5 Å². The van der Waals surface area contributed by atoms with Crippen LogP contribution in [0, 0.1) is 0 Å². The molecule has 0 aromatic heterocycles. The summed E-state index contributed by atoms with van der Waals surface area (Å²) in [6.07, 6.45) is -0.324. The second-order valence-corrected chi connectivity index (χ2v) is 6.30. The fraction of sp³-hybridized carbons (Fsp3) is 0.368. The maximum Gasteiger partial charge on any atom is 0.416 e. The quantitative estimate of drug-likeness (QED) is 0.644. The first-order valence-electron chi connectivity index (χ1n) is 8.17. The van der Waals surface area contributed by atoms with Crippen molar-refractivity contribution in [2.75, 3.05) is 37.3 Å². The SMILES string of the molecule is CCOc1cc(CNc2ccc(C(F)(F)F)cc2N)ccc1OC.CSC. The van der Waals surface area contributed by atoms with Gasteiger partial charge in [0.2, 0.25) is 0 Å². The molecule has 27 heavy (non-hydrogen) atoms. The van der Waals surface area contributed by atoms with Gasteiger partial charge in [-0.15, -0.1) is 0 Å². The molecule has 0 radical (unpaired) electrons. The van der Waals surface area contributed by atoms with Crippen molar-refractivity contribution in [3.63, 3.8) is 0 Å². The second-order valence-electron chi connectivity index (χ2n) is 5.48. The second kappa shape index (κ2) is 10.8. The van der Waals surface area contributed by atoms with Gasteiger partial charge in [-0.2, -0.15) is 24.9 Å². The van der Waals surface area contributed by atoms with Gasteiger partial charge in [-0.05, 0) is 55.3 Å². The van der Waals surface area contributed by atoms with E-state index in [0.29, 0.717) is 30.3 Å². The third-order valence-corrected chi connectivity index (χ3v) is 3.39. The number of halogens is 3. The van der Waals surface area contributed by atoms with E-state index in [4.69, 9.17) is 15.2 Å². The number of rotatable bonds is 6. The molecule has 150 valence electrons. The summed E-state index contributed by atoms with van der Waals surface area (Å²) in [7, 11) is 1.55. The Balaban J connectivity index is 0.00000114. The molecule has 4 nitrogen and oxygen atoms in total. The molecule has 2 aromatic rings. The molecule has 0 aliphatic heterocycles. The molecule has 3 N–H and O–H groups in total. The molecular formula is C19H25F3N2O2S. The van der Waals surface area contributed by atoms with Gasteiger partial charge in [-0.1, -0.05) is 6.07 Å². The number of hydrogen-bond donors (Lipinski definition) is 2. The zero-order valence-corrected chi connectivity index (χ0v) is 16.6.